The highest BCUT2D eigenvalue weighted by atomic mass is 79.9. The molecule has 0 saturated carbocycles. The van der Waals surface area contributed by atoms with E-state index >= 15 is 0 Å². The molecule has 15 heavy (non-hydrogen) atoms. The normalized spacial score (nSPS) is 12.2. The molecule has 0 N–H and O–H groups in total. The minimum absolute atomic E-state index is 0.277. The molecule has 0 heterocycles. The van der Waals surface area contributed by atoms with Gasteiger partial charge in [0.15, 0.2) is 0 Å². The van der Waals surface area contributed by atoms with Crippen LogP contribution >= 0.6 is 15.9 Å². The maximum Gasteiger partial charge on any atom is 0.320 e. The van der Waals surface area contributed by atoms with E-state index in [1.807, 2.05) is 0 Å². The Morgan fingerprint density at radius 3 is 2.60 bits per heavy atom. The zero-order valence-electron chi connectivity index (χ0n) is 8.37. The van der Waals surface area contributed by atoms with E-state index in [9.17, 15) is 9.18 Å². The Hall–Kier alpha value is -0.900. The zero-order valence-corrected chi connectivity index (χ0v) is 9.96. The highest BCUT2D eigenvalue weighted by Crippen LogP contribution is 2.12. The number of alkyl halides is 1. The third kappa shape index (κ3) is 4.00. The number of carbonyl (C=O) groups excluding carboxylic acids is 1. The molecule has 1 atom stereocenters. The number of hydrogen-bond donors (Lipinski definition) is 0. The van der Waals surface area contributed by atoms with Crippen LogP contribution in [0.2, 0.25) is 0 Å². The average molecular weight is 275 g/mol. The molecule has 0 amide bonds. The largest absolute Gasteiger partial charge is 0.465 e. The summed E-state index contributed by atoms with van der Waals surface area (Å²) in [5, 5.41) is 0. The second kappa shape index (κ2) is 5.85. The van der Waals surface area contributed by atoms with Gasteiger partial charge in [0.1, 0.15) is 10.6 Å². The highest BCUT2D eigenvalue weighted by Gasteiger charge is 2.16. The highest BCUT2D eigenvalue weighted by molar-refractivity contribution is 9.10. The first-order chi connectivity index (χ1) is 7.13. The monoisotopic (exact) mass is 274 g/mol. The fourth-order valence-electron chi connectivity index (χ4n) is 1.14. The van der Waals surface area contributed by atoms with Crippen LogP contribution in [0.3, 0.4) is 0 Å². The van der Waals surface area contributed by atoms with Gasteiger partial charge < -0.3 is 4.74 Å². The lowest BCUT2D eigenvalue weighted by Crippen LogP contribution is -2.19. The van der Waals surface area contributed by atoms with Gasteiger partial charge in [0.25, 0.3) is 0 Å². The fourth-order valence-corrected chi connectivity index (χ4v) is 1.65. The van der Waals surface area contributed by atoms with Gasteiger partial charge in [0, 0.05) is 0 Å². The molecule has 1 aromatic carbocycles. The number of esters is 1. The zero-order chi connectivity index (χ0) is 11.3. The number of carbonyl (C=O) groups is 1. The molecule has 0 spiro atoms. The van der Waals surface area contributed by atoms with Crippen molar-refractivity contribution in [2.45, 2.75) is 18.2 Å². The molecule has 0 aromatic heterocycles. The SMILES string of the molecule is CCOC(=O)C(Br)Cc1ccc(F)cc1. The van der Waals surface area contributed by atoms with Gasteiger partial charge in [0.2, 0.25) is 0 Å². The Bertz CT molecular complexity index is 324. The smallest absolute Gasteiger partial charge is 0.320 e. The van der Waals surface area contributed by atoms with Gasteiger partial charge in [-0.3, -0.25) is 4.79 Å². The van der Waals surface area contributed by atoms with Gasteiger partial charge in [-0.1, -0.05) is 28.1 Å². The molecule has 0 radical (unpaired) electrons. The summed E-state index contributed by atoms with van der Waals surface area (Å²) in [5.41, 5.74) is 0.895. The van der Waals surface area contributed by atoms with Crippen LogP contribution in [0.25, 0.3) is 0 Å². The van der Waals surface area contributed by atoms with E-state index in [4.69, 9.17) is 4.74 Å². The first-order valence-corrected chi connectivity index (χ1v) is 5.60. The van der Waals surface area contributed by atoms with Gasteiger partial charge >= 0.3 is 5.97 Å². The molecule has 0 aliphatic rings. The van der Waals surface area contributed by atoms with E-state index in [2.05, 4.69) is 15.9 Å². The van der Waals surface area contributed by atoms with Crippen molar-refractivity contribution in [1.82, 2.24) is 0 Å². The van der Waals surface area contributed by atoms with Crippen molar-refractivity contribution in [3.8, 4) is 0 Å². The standard InChI is InChI=1S/C11H12BrFO2/c1-2-15-11(14)10(12)7-8-3-5-9(13)6-4-8/h3-6,10H,2,7H2,1H3. The van der Waals surface area contributed by atoms with Crippen LogP contribution in [0.1, 0.15) is 12.5 Å². The van der Waals surface area contributed by atoms with Crippen molar-refractivity contribution in [2.24, 2.45) is 0 Å². The van der Waals surface area contributed by atoms with Crippen LogP contribution in [0.5, 0.6) is 0 Å². The molecule has 82 valence electrons. The topological polar surface area (TPSA) is 26.3 Å². The Kier molecular flexibility index (Phi) is 4.75. The summed E-state index contributed by atoms with van der Waals surface area (Å²) in [7, 11) is 0. The van der Waals surface area contributed by atoms with Crippen LogP contribution in [0.15, 0.2) is 24.3 Å². The van der Waals surface area contributed by atoms with E-state index in [1.54, 1.807) is 19.1 Å². The van der Waals surface area contributed by atoms with Crippen LogP contribution in [-0.2, 0) is 16.0 Å². The molecule has 0 aliphatic heterocycles. The van der Waals surface area contributed by atoms with E-state index < -0.39 is 0 Å². The lowest BCUT2D eigenvalue weighted by atomic mass is 10.1. The molecular formula is C11H12BrFO2. The molecule has 0 bridgehead atoms. The van der Waals surface area contributed by atoms with Gasteiger partial charge in [-0.15, -0.1) is 0 Å². The first kappa shape index (κ1) is 12.2. The minimum atomic E-state index is -0.372. The Morgan fingerprint density at radius 2 is 2.07 bits per heavy atom. The van der Waals surface area contributed by atoms with Gasteiger partial charge in [-0.2, -0.15) is 0 Å². The summed E-state index contributed by atoms with van der Waals surface area (Å²) in [6.45, 7) is 2.12. The van der Waals surface area contributed by atoms with Crippen LogP contribution in [-0.4, -0.2) is 17.4 Å². The van der Waals surface area contributed by atoms with E-state index in [1.165, 1.54) is 12.1 Å². The summed E-state index contributed by atoms with van der Waals surface area (Å²) in [6.07, 6.45) is 0.499. The third-order valence-corrected chi connectivity index (χ3v) is 2.57. The van der Waals surface area contributed by atoms with Crippen molar-refractivity contribution in [1.29, 1.82) is 0 Å². The third-order valence-electron chi connectivity index (χ3n) is 1.87. The minimum Gasteiger partial charge on any atom is -0.465 e. The van der Waals surface area contributed by atoms with Crippen LogP contribution in [0.4, 0.5) is 4.39 Å². The maximum atomic E-state index is 12.6. The summed E-state index contributed by atoms with van der Waals surface area (Å²) in [4.78, 5) is 10.9. The number of benzene rings is 1. The van der Waals surface area contributed by atoms with Crippen LogP contribution < -0.4 is 0 Å². The Morgan fingerprint density at radius 1 is 1.47 bits per heavy atom. The second-order valence-corrected chi connectivity index (χ2v) is 4.16. The van der Waals surface area contributed by atoms with E-state index in [-0.39, 0.29) is 16.6 Å². The lowest BCUT2D eigenvalue weighted by molar-refractivity contribution is -0.142. The molecule has 0 fully saturated rings. The van der Waals surface area contributed by atoms with Crippen molar-refractivity contribution in [3.63, 3.8) is 0 Å². The molecule has 2 nitrogen and oxygen atoms in total. The van der Waals surface area contributed by atoms with Crippen molar-refractivity contribution >= 4 is 21.9 Å². The number of hydrogen-bond acceptors (Lipinski definition) is 2. The summed E-state index contributed by atoms with van der Waals surface area (Å²) < 4.78 is 17.4. The summed E-state index contributed by atoms with van der Waals surface area (Å²) in [5.74, 6) is -0.567. The molecule has 0 saturated heterocycles. The average Bonchev–Trinajstić information content (AvgIpc) is 2.22. The van der Waals surface area contributed by atoms with E-state index in [0.29, 0.717) is 13.0 Å². The van der Waals surface area contributed by atoms with Crippen LogP contribution in [0, 0.1) is 5.82 Å². The maximum absolute atomic E-state index is 12.6. The molecule has 0 aliphatic carbocycles. The summed E-state index contributed by atoms with van der Waals surface area (Å²) >= 11 is 3.23. The van der Waals surface area contributed by atoms with Gasteiger partial charge in [-0.25, -0.2) is 4.39 Å². The Labute approximate surface area is 96.6 Å². The van der Waals surface area contributed by atoms with Crippen molar-refractivity contribution in [2.75, 3.05) is 6.61 Å². The number of ether oxygens (including phenoxy) is 1. The van der Waals surface area contributed by atoms with Crippen molar-refractivity contribution < 1.29 is 13.9 Å². The molecule has 1 rings (SSSR count). The summed E-state index contributed by atoms with van der Waals surface area (Å²) in [6, 6.07) is 6.06. The molecule has 1 unspecified atom stereocenters. The van der Waals surface area contributed by atoms with Gasteiger partial charge in [-0.05, 0) is 31.0 Å². The van der Waals surface area contributed by atoms with Gasteiger partial charge in [0.05, 0.1) is 6.61 Å². The molecule has 1 aromatic rings. The predicted octanol–water partition coefficient (Wildman–Crippen LogP) is 2.69. The predicted molar refractivity (Wildman–Crippen MR) is 59.5 cm³/mol. The number of halogens is 2. The molecule has 4 heteroatoms. The Balaban J connectivity index is 2.54. The number of rotatable bonds is 4. The molecular weight excluding hydrogens is 263 g/mol. The second-order valence-electron chi connectivity index (χ2n) is 3.05. The fraction of sp³-hybridized carbons (Fsp3) is 0.364. The quantitative estimate of drug-likeness (QED) is 0.623. The first-order valence-electron chi connectivity index (χ1n) is 4.68. The lowest BCUT2D eigenvalue weighted by Gasteiger charge is -2.08. The van der Waals surface area contributed by atoms with Crippen molar-refractivity contribution in [3.05, 3.63) is 35.6 Å². The van der Waals surface area contributed by atoms with E-state index in [0.717, 1.165) is 5.56 Å².